The highest BCUT2D eigenvalue weighted by molar-refractivity contribution is 5.21. The van der Waals surface area contributed by atoms with Crippen molar-refractivity contribution in [2.24, 2.45) is 5.84 Å². The molecule has 3 N–H and O–H groups in total. The molecule has 1 rings (SSSR count). The zero-order chi connectivity index (χ0) is 12.1. The van der Waals surface area contributed by atoms with Crippen LogP contribution in [0.5, 0.6) is 0 Å². The van der Waals surface area contributed by atoms with Gasteiger partial charge in [-0.3, -0.25) is 11.3 Å². The number of nitrogens with two attached hydrogens (primary N) is 1. The third kappa shape index (κ3) is 3.52. The van der Waals surface area contributed by atoms with Crippen LogP contribution in [0.25, 0.3) is 0 Å². The van der Waals surface area contributed by atoms with Gasteiger partial charge in [0.1, 0.15) is 0 Å². The molecule has 0 aliphatic heterocycles. The lowest BCUT2D eigenvalue weighted by Gasteiger charge is -2.18. The van der Waals surface area contributed by atoms with Gasteiger partial charge in [-0.05, 0) is 44.8 Å². The molecule has 1 aromatic rings. The SMILES string of the molecule is CN(C)CCC(NN)c1ccc(F)c(F)c1. The van der Waals surface area contributed by atoms with Crippen LogP contribution in [-0.2, 0) is 0 Å². The van der Waals surface area contributed by atoms with E-state index in [0.717, 1.165) is 19.0 Å². The molecule has 5 heteroatoms. The van der Waals surface area contributed by atoms with Gasteiger partial charge < -0.3 is 4.90 Å². The summed E-state index contributed by atoms with van der Waals surface area (Å²) < 4.78 is 25.8. The minimum Gasteiger partial charge on any atom is -0.309 e. The largest absolute Gasteiger partial charge is 0.309 e. The molecule has 0 aliphatic rings. The minimum atomic E-state index is -0.845. The van der Waals surface area contributed by atoms with Crippen molar-refractivity contribution < 1.29 is 8.78 Å². The van der Waals surface area contributed by atoms with Crippen LogP contribution in [0.4, 0.5) is 8.78 Å². The van der Waals surface area contributed by atoms with Gasteiger partial charge in [0, 0.05) is 6.04 Å². The standard InChI is InChI=1S/C11H17F2N3/c1-16(2)6-5-11(15-14)8-3-4-9(12)10(13)7-8/h3-4,7,11,15H,5-6,14H2,1-2H3. The second-order valence-electron chi connectivity index (χ2n) is 3.98. The summed E-state index contributed by atoms with van der Waals surface area (Å²) in [7, 11) is 3.89. The Hall–Kier alpha value is -1.04. The normalized spacial score (nSPS) is 13.1. The van der Waals surface area contributed by atoms with Crippen molar-refractivity contribution in [3.05, 3.63) is 35.4 Å². The van der Waals surface area contributed by atoms with Gasteiger partial charge in [-0.2, -0.15) is 0 Å². The van der Waals surface area contributed by atoms with E-state index < -0.39 is 11.6 Å². The number of nitrogens with one attached hydrogen (secondary N) is 1. The van der Waals surface area contributed by atoms with E-state index in [-0.39, 0.29) is 6.04 Å². The van der Waals surface area contributed by atoms with E-state index in [1.807, 2.05) is 19.0 Å². The Bertz CT molecular complexity index is 342. The number of hydrazine groups is 1. The van der Waals surface area contributed by atoms with Gasteiger partial charge in [-0.15, -0.1) is 0 Å². The second kappa shape index (κ2) is 5.89. The Morgan fingerprint density at radius 3 is 2.50 bits per heavy atom. The Balaban J connectivity index is 2.74. The average molecular weight is 229 g/mol. The van der Waals surface area contributed by atoms with Crippen molar-refractivity contribution >= 4 is 0 Å². The van der Waals surface area contributed by atoms with Crippen molar-refractivity contribution in [2.45, 2.75) is 12.5 Å². The topological polar surface area (TPSA) is 41.3 Å². The van der Waals surface area contributed by atoms with Crippen molar-refractivity contribution in [3.63, 3.8) is 0 Å². The summed E-state index contributed by atoms with van der Waals surface area (Å²) in [6.45, 7) is 0.813. The van der Waals surface area contributed by atoms with Crippen LogP contribution in [0.1, 0.15) is 18.0 Å². The van der Waals surface area contributed by atoms with Crippen LogP contribution in [-0.4, -0.2) is 25.5 Å². The summed E-state index contributed by atoms with van der Waals surface area (Å²) in [5.74, 6) is 3.71. The van der Waals surface area contributed by atoms with Crippen LogP contribution in [0.2, 0.25) is 0 Å². The fourth-order valence-corrected chi connectivity index (χ4v) is 1.46. The lowest BCUT2D eigenvalue weighted by molar-refractivity contribution is 0.362. The molecular weight excluding hydrogens is 212 g/mol. The van der Waals surface area contributed by atoms with Gasteiger partial charge in [-0.25, -0.2) is 8.78 Å². The van der Waals surface area contributed by atoms with Gasteiger partial charge in [0.15, 0.2) is 11.6 Å². The highest BCUT2D eigenvalue weighted by atomic mass is 19.2. The average Bonchev–Trinajstić information content (AvgIpc) is 2.23. The van der Waals surface area contributed by atoms with Crippen LogP contribution in [0.15, 0.2) is 18.2 Å². The maximum atomic E-state index is 13.0. The lowest BCUT2D eigenvalue weighted by Crippen LogP contribution is -2.30. The van der Waals surface area contributed by atoms with Crippen molar-refractivity contribution in [1.82, 2.24) is 10.3 Å². The second-order valence-corrected chi connectivity index (χ2v) is 3.98. The van der Waals surface area contributed by atoms with E-state index in [2.05, 4.69) is 5.43 Å². The van der Waals surface area contributed by atoms with E-state index in [1.54, 1.807) is 6.07 Å². The molecule has 1 atom stereocenters. The lowest BCUT2D eigenvalue weighted by atomic mass is 10.0. The number of halogens is 2. The maximum Gasteiger partial charge on any atom is 0.159 e. The molecule has 16 heavy (non-hydrogen) atoms. The quantitative estimate of drug-likeness (QED) is 0.592. The van der Waals surface area contributed by atoms with Gasteiger partial charge in [-0.1, -0.05) is 6.07 Å². The summed E-state index contributed by atoms with van der Waals surface area (Å²) >= 11 is 0. The maximum absolute atomic E-state index is 13.0. The zero-order valence-corrected chi connectivity index (χ0v) is 9.50. The van der Waals surface area contributed by atoms with E-state index in [9.17, 15) is 8.78 Å². The molecule has 90 valence electrons. The first-order chi connectivity index (χ1) is 7.54. The van der Waals surface area contributed by atoms with Gasteiger partial charge in [0.25, 0.3) is 0 Å². The highest BCUT2D eigenvalue weighted by Crippen LogP contribution is 2.18. The smallest absolute Gasteiger partial charge is 0.159 e. The summed E-state index contributed by atoms with van der Waals surface area (Å²) in [6.07, 6.45) is 0.731. The molecule has 0 aromatic heterocycles. The number of hydrogen-bond donors (Lipinski definition) is 2. The van der Waals surface area contributed by atoms with Crippen LogP contribution < -0.4 is 11.3 Å². The Labute approximate surface area is 94.2 Å². The molecule has 0 aliphatic carbocycles. The van der Waals surface area contributed by atoms with Crippen molar-refractivity contribution in [2.75, 3.05) is 20.6 Å². The zero-order valence-electron chi connectivity index (χ0n) is 9.50. The number of rotatable bonds is 5. The van der Waals surface area contributed by atoms with Crippen molar-refractivity contribution in [1.29, 1.82) is 0 Å². The Morgan fingerprint density at radius 2 is 2.00 bits per heavy atom. The molecule has 3 nitrogen and oxygen atoms in total. The molecule has 0 saturated heterocycles. The van der Waals surface area contributed by atoms with E-state index in [0.29, 0.717) is 5.56 Å². The Kier molecular flexibility index (Phi) is 4.79. The predicted octanol–water partition coefficient (Wildman–Crippen LogP) is 1.42. The van der Waals surface area contributed by atoms with Crippen LogP contribution in [0.3, 0.4) is 0 Å². The third-order valence-corrected chi connectivity index (χ3v) is 2.41. The minimum absolute atomic E-state index is 0.169. The first-order valence-corrected chi connectivity index (χ1v) is 5.10. The van der Waals surface area contributed by atoms with Crippen molar-refractivity contribution in [3.8, 4) is 0 Å². The summed E-state index contributed by atoms with van der Waals surface area (Å²) in [6, 6.07) is 3.66. The molecule has 0 heterocycles. The summed E-state index contributed by atoms with van der Waals surface area (Å²) in [5.41, 5.74) is 3.26. The highest BCUT2D eigenvalue weighted by Gasteiger charge is 2.12. The Morgan fingerprint density at radius 1 is 1.31 bits per heavy atom. The van der Waals surface area contributed by atoms with Crippen LogP contribution >= 0.6 is 0 Å². The number of hydrogen-bond acceptors (Lipinski definition) is 3. The number of nitrogens with zero attached hydrogens (tertiary/aromatic N) is 1. The van der Waals surface area contributed by atoms with E-state index in [4.69, 9.17) is 5.84 Å². The fourth-order valence-electron chi connectivity index (χ4n) is 1.46. The van der Waals surface area contributed by atoms with E-state index >= 15 is 0 Å². The molecule has 1 aromatic carbocycles. The fraction of sp³-hybridized carbons (Fsp3) is 0.455. The van der Waals surface area contributed by atoms with Crippen LogP contribution in [0, 0.1) is 11.6 Å². The first-order valence-electron chi connectivity index (χ1n) is 5.10. The molecule has 0 saturated carbocycles. The number of benzene rings is 1. The molecule has 0 fully saturated rings. The molecule has 0 bridgehead atoms. The van der Waals surface area contributed by atoms with E-state index in [1.165, 1.54) is 6.07 Å². The monoisotopic (exact) mass is 229 g/mol. The summed E-state index contributed by atoms with van der Waals surface area (Å²) in [5, 5.41) is 0. The first kappa shape index (κ1) is 13.0. The molecule has 0 radical (unpaired) electrons. The van der Waals surface area contributed by atoms with Gasteiger partial charge in [0.05, 0.1) is 0 Å². The molecular formula is C11H17F2N3. The van der Waals surface area contributed by atoms with Gasteiger partial charge >= 0.3 is 0 Å². The molecule has 1 unspecified atom stereocenters. The molecule has 0 spiro atoms. The molecule has 0 amide bonds. The third-order valence-electron chi connectivity index (χ3n) is 2.41. The van der Waals surface area contributed by atoms with Gasteiger partial charge in [0.2, 0.25) is 0 Å². The predicted molar refractivity (Wildman–Crippen MR) is 59.6 cm³/mol. The summed E-state index contributed by atoms with van der Waals surface area (Å²) in [4.78, 5) is 2.00.